The van der Waals surface area contributed by atoms with Crippen LogP contribution in [0.5, 0.6) is 11.6 Å². The van der Waals surface area contributed by atoms with Gasteiger partial charge < -0.3 is 24.8 Å². The highest BCUT2D eigenvalue weighted by Gasteiger charge is 2.54. The Labute approximate surface area is 201 Å². The number of halogens is 5. The standard InChI is InChI=1S/C22H20ClF4N3O5/c23-15-3-2-14(9-16(15)24)33-11-17(31)30-20-5-7-21(8-6-20,34-12-20)19(32)29-13-1-4-18(28-10-13)35-22(25,26)27/h1-4,9-10H,5-8,11-12H2,(H,29,32)(H,30,31). The fourth-order valence-electron chi connectivity index (χ4n) is 4.08. The Kier molecular flexibility index (Phi) is 6.78. The lowest BCUT2D eigenvalue weighted by molar-refractivity contribution is -0.276. The van der Waals surface area contributed by atoms with E-state index in [1.165, 1.54) is 18.2 Å². The molecule has 5 rings (SSSR count). The number of alkyl halides is 3. The van der Waals surface area contributed by atoms with E-state index in [4.69, 9.17) is 21.1 Å². The Morgan fingerprint density at radius 3 is 2.46 bits per heavy atom. The number of amides is 2. The number of carbonyl (C=O) groups is 2. The van der Waals surface area contributed by atoms with E-state index < -0.39 is 41.0 Å². The van der Waals surface area contributed by atoms with Crippen LogP contribution in [0.4, 0.5) is 23.2 Å². The minimum absolute atomic E-state index is 0.0569. The minimum Gasteiger partial charge on any atom is -0.484 e. The third-order valence-corrected chi connectivity index (χ3v) is 6.24. The van der Waals surface area contributed by atoms with Gasteiger partial charge in [0.1, 0.15) is 17.2 Å². The second kappa shape index (κ2) is 9.50. The summed E-state index contributed by atoms with van der Waals surface area (Å²) < 4.78 is 65.1. The van der Waals surface area contributed by atoms with E-state index in [9.17, 15) is 27.2 Å². The number of nitrogens with zero attached hydrogens (tertiary/aromatic N) is 1. The van der Waals surface area contributed by atoms with Gasteiger partial charge in [-0.2, -0.15) is 0 Å². The number of aromatic nitrogens is 1. The van der Waals surface area contributed by atoms with Crippen molar-refractivity contribution < 1.29 is 41.4 Å². The molecule has 0 unspecified atom stereocenters. The summed E-state index contributed by atoms with van der Waals surface area (Å²) in [6.07, 6.45) is -2.22. The Hall–Kier alpha value is -3.12. The summed E-state index contributed by atoms with van der Waals surface area (Å²) in [5, 5.41) is 5.44. The van der Waals surface area contributed by atoms with Gasteiger partial charge >= 0.3 is 6.36 Å². The van der Waals surface area contributed by atoms with Crippen LogP contribution in [0.25, 0.3) is 0 Å². The van der Waals surface area contributed by atoms with E-state index in [1.807, 2.05) is 0 Å². The molecule has 1 aromatic heterocycles. The van der Waals surface area contributed by atoms with Crippen molar-refractivity contribution in [2.45, 2.75) is 43.2 Å². The van der Waals surface area contributed by atoms with Crippen LogP contribution in [-0.4, -0.2) is 47.5 Å². The van der Waals surface area contributed by atoms with E-state index in [0.717, 1.165) is 18.3 Å². The van der Waals surface area contributed by atoms with Gasteiger partial charge in [-0.25, -0.2) is 9.37 Å². The van der Waals surface area contributed by atoms with Crippen LogP contribution in [0, 0.1) is 5.82 Å². The molecular formula is C22H20ClF4N3O5. The SMILES string of the molecule is O=C(COc1ccc(Cl)c(F)c1)NC12CCC(C(=O)Nc3ccc(OC(F)(F)F)nc3)(CC1)OC2. The lowest BCUT2D eigenvalue weighted by atomic mass is 9.70. The summed E-state index contributed by atoms with van der Waals surface area (Å²) >= 11 is 5.62. The second-order valence-electron chi connectivity index (χ2n) is 8.36. The summed E-state index contributed by atoms with van der Waals surface area (Å²) in [5.74, 6) is -2.02. The van der Waals surface area contributed by atoms with Crippen molar-refractivity contribution in [1.29, 1.82) is 0 Å². The third-order valence-electron chi connectivity index (χ3n) is 5.93. The molecule has 35 heavy (non-hydrogen) atoms. The Morgan fingerprint density at radius 2 is 1.89 bits per heavy atom. The van der Waals surface area contributed by atoms with Crippen LogP contribution >= 0.6 is 11.6 Å². The van der Waals surface area contributed by atoms with Gasteiger partial charge in [-0.15, -0.1) is 13.2 Å². The molecule has 2 amide bonds. The zero-order chi connectivity index (χ0) is 25.3. The molecule has 0 spiro atoms. The molecule has 2 aliphatic heterocycles. The molecule has 3 fully saturated rings. The molecule has 3 heterocycles. The number of anilines is 1. The molecule has 2 saturated heterocycles. The molecule has 2 N–H and O–H groups in total. The normalized spacial score (nSPS) is 23.5. The molecule has 3 aliphatic rings. The van der Waals surface area contributed by atoms with Crippen LogP contribution in [0.2, 0.25) is 5.02 Å². The number of benzene rings is 1. The van der Waals surface area contributed by atoms with Crippen molar-refractivity contribution in [3.05, 3.63) is 47.4 Å². The van der Waals surface area contributed by atoms with Crippen molar-refractivity contribution in [3.63, 3.8) is 0 Å². The van der Waals surface area contributed by atoms with Crippen molar-refractivity contribution in [2.24, 2.45) is 0 Å². The Morgan fingerprint density at radius 1 is 1.14 bits per heavy atom. The quantitative estimate of drug-likeness (QED) is 0.539. The zero-order valence-corrected chi connectivity index (χ0v) is 18.8. The molecular weight excluding hydrogens is 498 g/mol. The molecule has 1 aromatic carbocycles. The highest BCUT2D eigenvalue weighted by Crippen LogP contribution is 2.44. The number of carbonyl (C=O) groups excluding carboxylic acids is 2. The third kappa shape index (κ3) is 5.93. The number of pyridine rings is 1. The number of rotatable bonds is 7. The summed E-state index contributed by atoms with van der Waals surface area (Å²) in [6, 6.07) is 6.08. The average Bonchev–Trinajstić information content (AvgIpc) is 2.81. The molecule has 188 valence electrons. The maximum absolute atomic E-state index is 13.5. The van der Waals surface area contributed by atoms with Crippen LogP contribution in [0.3, 0.4) is 0 Å². The highest BCUT2D eigenvalue weighted by molar-refractivity contribution is 6.30. The number of nitrogens with one attached hydrogen (secondary N) is 2. The predicted molar refractivity (Wildman–Crippen MR) is 114 cm³/mol. The molecule has 0 atom stereocenters. The van der Waals surface area contributed by atoms with E-state index in [2.05, 4.69) is 20.4 Å². The summed E-state index contributed by atoms with van der Waals surface area (Å²) in [5.41, 5.74) is -1.59. The maximum atomic E-state index is 13.5. The average molecular weight is 518 g/mol. The smallest absolute Gasteiger partial charge is 0.484 e. The number of hydrogen-bond acceptors (Lipinski definition) is 6. The maximum Gasteiger partial charge on any atom is 0.574 e. The van der Waals surface area contributed by atoms with Crippen molar-refractivity contribution in [2.75, 3.05) is 18.5 Å². The van der Waals surface area contributed by atoms with Gasteiger partial charge in [-0.1, -0.05) is 11.6 Å². The largest absolute Gasteiger partial charge is 0.574 e. The lowest BCUT2D eigenvalue weighted by Crippen LogP contribution is -2.66. The van der Waals surface area contributed by atoms with Gasteiger partial charge in [0.15, 0.2) is 6.61 Å². The van der Waals surface area contributed by atoms with Crippen molar-refractivity contribution in [3.8, 4) is 11.6 Å². The second-order valence-corrected chi connectivity index (χ2v) is 8.77. The van der Waals surface area contributed by atoms with E-state index in [1.54, 1.807) is 0 Å². The first-order chi connectivity index (χ1) is 16.5. The van der Waals surface area contributed by atoms with E-state index in [-0.39, 0.29) is 29.7 Å². The summed E-state index contributed by atoms with van der Waals surface area (Å²) in [6.45, 7) is -0.242. The molecule has 13 heteroatoms. The molecule has 1 aliphatic carbocycles. The Bertz CT molecular complexity index is 1090. The minimum atomic E-state index is -4.86. The van der Waals surface area contributed by atoms with Gasteiger partial charge in [0.2, 0.25) is 5.88 Å². The van der Waals surface area contributed by atoms with Crippen LogP contribution in [0.15, 0.2) is 36.5 Å². The van der Waals surface area contributed by atoms with E-state index >= 15 is 0 Å². The first-order valence-corrected chi connectivity index (χ1v) is 10.9. The Balaban J connectivity index is 1.28. The van der Waals surface area contributed by atoms with E-state index in [0.29, 0.717) is 25.7 Å². The van der Waals surface area contributed by atoms with Crippen LogP contribution in [-0.2, 0) is 14.3 Å². The van der Waals surface area contributed by atoms with Crippen molar-refractivity contribution >= 4 is 29.1 Å². The van der Waals surface area contributed by atoms with Gasteiger partial charge in [-0.05, 0) is 43.9 Å². The molecule has 1 saturated carbocycles. The fourth-order valence-corrected chi connectivity index (χ4v) is 4.19. The van der Waals surface area contributed by atoms with Gasteiger partial charge in [0.05, 0.1) is 29.1 Å². The summed E-state index contributed by atoms with van der Waals surface area (Å²) in [4.78, 5) is 28.8. The molecule has 0 radical (unpaired) electrons. The lowest BCUT2D eigenvalue weighted by Gasteiger charge is -2.52. The topological polar surface area (TPSA) is 98.8 Å². The van der Waals surface area contributed by atoms with Gasteiger partial charge in [-0.3, -0.25) is 9.59 Å². The first kappa shape index (κ1) is 25.0. The molecule has 2 aromatic rings. The molecule has 2 bridgehead atoms. The zero-order valence-electron chi connectivity index (χ0n) is 18.1. The van der Waals surface area contributed by atoms with Crippen LogP contribution < -0.4 is 20.1 Å². The number of ether oxygens (including phenoxy) is 3. The number of fused-ring (bicyclic) bond motifs is 3. The number of hydrogen-bond donors (Lipinski definition) is 2. The summed E-state index contributed by atoms with van der Waals surface area (Å²) in [7, 11) is 0. The fraction of sp³-hybridized carbons (Fsp3) is 0.409. The van der Waals surface area contributed by atoms with Crippen molar-refractivity contribution in [1.82, 2.24) is 10.3 Å². The van der Waals surface area contributed by atoms with Gasteiger partial charge in [0, 0.05) is 12.1 Å². The first-order valence-electron chi connectivity index (χ1n) is 10.5. The highest BCUT2D eigenvalue weighted by atomic mass is 35.5. The monoisotopic (exact) mass is 517 g/mol. The van der Waals surface area contributed by atoms with Crippen LogP contribution in [0.1, 0.15) is 25.7 Å². The predicted octanol–water partition coefficient (Wildman–Crippen LogP) is 3.99. The molecule has 8 nitrogen and oxygen atoms in total. The van der Waals surface area contributed by atoms with Gasteiger partial charge in [0.25, 0.3) is 11.8 Å².